The summed E-state index contributed by atoms with van der Waals surface area (Å²) >= 11 is 6.12. The van der Waals surface area contributed by atoms with Gasteiger partial charge in [0.1, 0.15) is 17.5 Å². The average molecular weight is 467 g/mol. The topological polar surface area (TPSA) is 78.5 Å². The molecule has 2 amide bonds. The van der Waals surface area contributed by atoms with Gasteiger partial charge in [0.25, 0.3) is 5.91 Å². The molecule has 4 rings (SSSR count). The van der Waals surface area contributed by atoms with Crippen LogP contribution in [-0.2, 0) is 11.3 Å². The van der Waals surface area contributed by atoms with Gasteiger partial charge in [0.05, 0.1) is 0 Å². The Labute approximate surface area is 198 Å². The van der Waals surface area contributed by atoms with E-state index in [4.69, 9.17) is 16.3 Å². The predicted octanol–water partition coefficient (Wildman–Crippen LogP) is 4.02. The Hall–Kier alpha value is -3.32. The number of benzene rings is 2. The van der Waals surface area contributed by atoms with Gasteiger partial charge in [-0.05, 0) is 29.8 Å². The van der Waals surface area contributed by atoms with Crippen molar-refractivity contribution in [1.82, 2.24) is 20.0 Å². The highest BCUT2D eigenvalue weighted by Gasteiger charge is 2.35. The summed E-state index contributed by atoms with van der Waals surface area (Å²) in [7, 11) is 1.80. The number of piperidine rings is 1. The summed E-state index contributed by atoms with van der Waals surface area (Å²) in [5, 5.41) is 7.20. The van der Waals surface area contributed by atoms with E-state index < -0.39 is 0 Å². The summed E-state index contributed by atoms with van der Waals surface area (Å²) in [6.07, 6.45) is 2.25. The van der Waals surface area contributed by atoms with E-state index in [1.54, 1.807) is 41.2 Å². The van der Waals surface area contributed by atoms with Crippen molar-refractivity contribution in [2.75, 3.05) is 20.1 Å². The smallest absolute Gasteiger partial charge is 0.271 e. The number of nitrogens with one attached hydrogen (secondary N) is 1. The van der Waals surface area contributed by atoms with Crippen molar-refractivity contribution < 1.29 is 14.3 Å². The molecule has 172 valence electrons. The fourth-order valence-electron chi connectivity index (χ4n) is 4.13. The van der Waals surface area contributed by atoms with Crippen molar-refractivity contribution >= 4 is 23.4 Å². The molecule has 0 spiro atoms. The lowest BCUT2D eigenvalue weighted by molar-refractivity contribution is -0.132. The maximum absolute atomic E-state index is 13.1. The molecule has 8 heteroatoms. The van der Waals surface area contributed by atoms with Crippen LogP contribution in [0.5, 0.6) is 5.75 Å². The van der Waals surface area contributed by atoms with Crippen molar-refractivity contribution in [3.05, 3.63) is 83.1 Å². The van der Waals surface area contributed by atoms with Crippen molar-refractivity contribution in [3.63, 3.8) is 0 Å². The van der Waals surface area contributed by atoms with E-state index in [-0.39, 0.29) is 30.3 Å². The molecule has 33 heavy (non-hydrogen) atoms. The first kappa shape index (κ1) is 22.9. The van der Waals surface area contributed by atoms with Crippen LogP contribution in [0.15, 0.2) is 66.9 Å². The number of likely N-dealkylation sites (tertiary alicyclic amines) is 1. The average Bonchev–Trinajstić information content (AvgIpc) is 3.35. The molecular weight excluding hydrogens is 440 g/mol. The third-order valence-electron chi connectivity index (χ3n) is 5.89. The van der Waals surface area contributed by atoms with Gasteiger partial charge < -0.3 is 14.5 Å². The number of carbonyl (C=O) groups excluding carboxylic acids is 2. The van der Waals surface area contributed by atoms with E-state index in [1.165, 1.54) is 0 Å². The molecule has 0 saturated carbocycles. The SMILES string of the molecule is CN(Cc1ccccc1)C(=O)C[C@H]1CN(C(=O)c2ccn[nH]2)CC[C@@H]1Oc1cccc(Cl)c1. The Morgan fingerprint density at radius 2 is 2.00 bits per heavy atom. The van der Waals surface area contributed by atoms with E-state index in [2.05, 4.69) is 10.2 Å². The first-order valence-electron chi connectivity index (χ1n) is 11.0. The largest absolute Gasteiger partial charge is 0.490 e. The van der Waals surface area contributed by atoms with Crippen LogP contribution in [0.1, 0.15) is 28.9 Å². The Morgan fingerprint density at radius 3 is 2.73 bits per heavy atom. The number of H-pyrrole nitrogens is 1. The van der Waals surface area contributed by atoms with E-state index >= 15 is 0 Å². The lowest BCUT2D eigenvalue weighted by atomic mass is 9.90. The number of aromatic nitrogens is 2. The minimum atomic E-state index is -0.205. The first-order valence-corrected chi connectivity index (χ1v) is 11.4. The van der Waals surface area contributed by atoms with Crippen LogP contribution < -0.4 is 4.74 Å². The highest BCUT2D eigenvalue weighted by molar-refractivity contribution is 6.30. The molecule has 1 aromatic heterocycles. The number of ether oxygens (including phenoxy) is 1. The molecule has 7 nitrogen and oxygen atoms in total. The highest BCUT2D eigenvalue weighted by atomic mass is 35.5. The summed E-state index contributed by atoms with van der Waals surface area (Å²) < 4.78 is 6.25. The molecule has 1 aliphatic heterocycles. The van der Waals surface area contributed by atoms with Gasteiger partial charge in [-0.15, -0.1) is 0 Å². The van der Waals surface area contributed by atoms with E-state index in [1.807, 2.05) is 42.5 Å². The molecule has 2 atom stereocenters. The Bertz CT molecular complexity index is 1070. The molecule has 3 aromatic rings. The number of aromatic amines is 1. The summed E-state index contributed by atoms with van der Waals surface area (Å²) in [6.45, 7) is 1.49. The van der Waals surface area contributed by atoms with E-state index in [0.717, 1.165) is 5.56 Å². The van der Waals surface area contributed by atoms with Gasteiger partial charge in [-0.25, -0.2) is 0 Å². The summed E-state index contributed by atoms with van der Waals surface area (Å²) in [4.78, 5) is 29.5. The zero-order valence-electron chi connectivity index (χ0n) is 18.5. The van der Waals surface area contributed by atoms with Gasteiger partial charge in [-0.3, -0.25) is 14.7 Å². The molecule has 0 bridgehead atoms. The monoisotopic (exact) mass is 466 g/mol. The van der Waals surface area contributed by atoms with Crippen molar-refractivity contribution in [1.29, 1.82) is 0 Å². The number of halogens is 1. The van der Waals surface area contributed by atoms with Crippen molar-refractivity contribution in [2.24, 2.45) is 5.92 Å². The van der Waals surface area contributed by atoms with E-state index in [9.17, 15) is 9.59 Å². The van der Waals surface area contributed by atoms with Crippen LogP contribution in [0.2, 0.25) is 5.02 Å². The normalized spacial score (nSPS) is 18.1. The van der Waals surface area contributed by atoms with Gasteiger partial charge in [-0.2, -0.15) is 5.10 Å². The number of hydrogen-bond acceptors (Lipinski definition) is 4. The molecule has 2 heterocycles. The highest BCUT2D eigenvalue weighted by Crippen LogP contribution is 2.28. The van der Waals surface area contributed by atoms with Crippen LogP contribution in [0.3, 0.4) is 0 Å². The minimum absolute atomic E-state index is 0.0133. The number of carbonyl (C=O) groups is 2. The molecule has 0 aliphatic carbocycles. The number of rotatable bonds is 7. The molecule has 2 aromatic carbocycles. The summed E-state index contributed by atoms with van der Waals surface area (Å²) in [5.74, 6) is 0.398. The van der Waals surface area contributed by atoms with Crippen molar-refractivity contribution in [2.45, 2.75) is 25.5 Å². The molecule has 1 aliphatic rings. The predicted molar refractivity (Wildman–Crippen MR) is 126 cm³/mol. The van der Waals surface area contributed by atoms with Crippen molar-refractivity contribution in [3.8, 4) is 5.75 Å². The zero-order valence-corrected chi connectivity index (χ0v) is 19.2. The molecular formula is C25H27ClN4O3. The Morgan fingerprint density at radius 1 is 1.18 bits per heavy atom. The maximum atomic E-state index is 13.1. The second-order valence-electron chi connectivity index (χ2n) is 8.32. The van der Waals surface area contributed by atoms with Gasteiger partial charge in [0.2, 0.25) is 5.91 Å². The Kier molecular flexibility index (Phi) is 7.29. The zero-order chi connectivity index (χ0) is 23.2. The number of hydrogen-bond donors (Lipinski definition) is 1. The number of amides is 2. The standard InChI is InChI=1S/C25H27ClN4O3/c1-29(16-18-6-3-2-4-7-18)24(31)14-19-17-30(25(32)22-10-12-27-28-22)13-11-23(19)33-21-9-5-8-20(26)15-21/h2-10,12,15,19,23H,11,13-14,16-17H2,1H3,(H,27,28)/t19-,23-/m0/s1. The fraction of sp³-hybridized carbons (Fsp3) is 0.320. The molecule has 0 radical (unpaired) electrons. The third-order valence-corrected chi connectivity index (χ3v) is 6.13. The maximum Gasteiger partial charge on any atom is 0.271 e. The quantitative estimate of drug-likeness (QED) is 0.570. The number of nitrogens with zero attached hydrogens (tertiary/aromatic N) is 3. The molecule has 0 unspecified atom stereocenters. The van der Waals surface area contributed by atoms with Crippen LogP contribution in [0.25, 0.3) is 0 Å². The first-order chi connectivity index (χ1) is 16.0. The van der Waals surface area contributed by atoms with Crippen LogP contribution in [0, 0.1) is 5.92 Å². The Balaban J connectivity index is 1.47. The summed E-state index contributed by atoms with van der Waals surface area (Å²) in [6, 6.07) is 18.8. The van der Waals surface area contributed by atoms with Gasteiger partial charge in [0.15, 0.2) is 0 Å². The van der Waals surface area contributed by atoms with Gasteiger partial charge in [-0.1, -0.05) is 48.0 Å². The fourth-order valence-corrected chi connectivity index (χ4v) is 4.31. The van der Waals surface area contributed by atoms with E-state index in [0.29, 0.717) is 42.5 Å². The lowest BCUT2D eigenvalue weighted by Gasteiger charge is -2.38. The van der Waals surface area contributed by atoms with Crippen LogP contribution in [0.4, 0.5) is 0 Å². The summed E-state index contributed by atoms with van der Waals surface area (Å²) in [5.41, 5.74) is 1.51. The molecule has 1 N–H and O–H groups in total. The van der Waals surface area contributed by atoms with Gasteiger partial charge >= 0.3 is 0 Å². The second kappa shape index (κ2) is 10.5. The van der Waals surface area contributed by atoms with Crippen LogP contribution >= 0.6 is 11.6 Å². The minimum Gasteiger partial charge on any atom is -0.490 e. The van der Waals surface area contributed by atoms with Crippen LogP contribution in [-0.4, -0.2) is 58.1 Å². The molecule has 1 fully saturated rings. The second-order valence-corrected chi connectivity index (χ2v) is 8.76. The lowest BCUT2D eigenvalue weighted by Crippen LogP contribution is -2.49. The third kappa shape index (κ3) is 5.93. The van der Waals surface area contributed by atoms with Gasteiger partial charge in [0, 0.05) is 56.7 Å². The molecule has 1 saturated heterocycles.